The third kappa shape index (κ3) is 24.8. The van der Waals surface area contributed by atoms with Crippen molar-refractivity contribution >= 4 is 0 Å². The molecule has 0 atom stereocenters. The molecule has 0 saturated carbocycles. The van der Waals surface area contributed by atoms with Gasteiger partial charge >= 0.3 is 0 Å². The van der Waals surface area contributed by atoms with Crippen molar-refractivity contribution in [3.63, 3.8) is 0 Å². The van der Waals surface area contributed by atoms with Gasteiger partial charge in [0.05, 0.1) is 0 Å². The van der Waals surface area contributed by atoms with Crippen molar-refractivity contribution in [1.82, 2.24) is 5.32 Å². The van der Waals surface area contributed by atoms with Gasteiger partial charge < -0.3 is 16.2 Å². The van der Waals surface area contributed by atoms with Crippen LogP contribution in [0, 0.1) is 0 Å². The maximum atomic E-state index is 7.57. The molecule has 3 nitrogen and oxygen atoms in total. The summed E-state index contributed by atoms with van der Waals surface area (Å²) in [7, 11) is 0. The molecule has 4 N–H and O–H groups in total. The van der Waals surface area contributed by atoms with Crippen molar-refractivity contribution in [2.24, 2.45) is 5.73 Å². The SMILES string of the molecule is CCNCCCN.CCO. The predicted molar refractivity (Wildman–Crippen MR) is 45.0 cm³/mol. The molecule has 0 heterocycles. The summed E-state index contributed by atoms with van der Waals surface area (Å²) in [6.07, 6.45) is 1.09. The first-order chi connectivity index (χ1) is 4.83. The van der Waals surface area contributed by atoms with Crippen molar-refractivity contribution in [3.8, 4) is 0 Å². The summed E-state index contributed by atoms with van der Waals surface area (Å²) in [4.78, 5) is 0. The molecule has 0 aliphatic heterocycles. The van der Waals surface area contributed by atoms with E-state index >= 15 is 0 Å². The third-order valence-electron chi connectivity index (χ3n) is 0.808. The van der Waals surface area contributed by atoms with E-state index in [-0.39, 0.29) is 6.61 Å². The number of hydrogen-bond donors (Lipinski definition) is 3. The van der Waals surface area contributed by atoms with Gasteiger partial charge in [-0.05, 0) is 33.0 Å². The minimum atomic E-state index is 0.250. The van der Waals surface area contributed by atoms with E-state index in [1.54, 1.807) is 6.92 Å². The van der Waals surface area contributed by atoms with E-state index in [9.17, 15) is 0 Å². The highest BCUT2D eigenvalue weighted by Gasteiger charge is 1.77. The smallest absolute Gasteiger partial charge is 0.0402 e. The van der Waals surface area contributed by atoms with Gasteiger partial charge in [-0.15, -0.1) is 0 Å². The Bertz CT molecular complexity index is 38.6. The lowest BCUT2D eigenvalue weighted by molar-refractivity contribution is 0.318. The topological polar surface area (TPSA) is 58.3 Å². The second-order valence-corrected chi connectivity index (χ2v) is 1.81. The Morgan fingerprint density at radius 3 is 2.20 bits per heavy atom. The molecule has 0 spiro atoms. The van der Waals surface area contributed by atoms with Crippen LogP contribution in [0.15, 0.2) is 0 Å². The number of nitrogens with two attached hydrogens (primary N) is 1. The summed E-state index contributed by atoms with van der Waals surface area (Å²) in [6, 6.07) is 0. The molecule has 64 valence electrons. The summed E-state index contributed by atoms with van der Waals surface area (Å²) in [5.74, 6) is 0. The molecule has 0 rings (SSSR count). The molecule has 0 radical (unpaired) electrons. The minimum Gasteiger partial charge on any atom is -0.397 e. The Labute approximate surface area is 63.6 Å². The van der Waals surface area contributed by atoms with E-state index in [2.05, 4.69) is 12.2 Å². The number of aliphatic hydroxyl groups is 1. The number of rotatable bonds is 4. The maximum absolute atomic E-state index is 7.57. The molecular weight excluding hydrogens is 128 g/mol. The van der Waals surface area contributed by atoms with Crippen LogP contribution in [0.5, 0.6) is 0 Å². The Kier molecular flexibility index (Phi) is 20.0. The largest absolute Gasteiger partial charge is 0.397 e. The van der Waals surface area contributed by atoms with Gasteiger partial charge in [-0.2, -0.15) is 0 Å². The van der Waals surface area contributed by atoms with E-state index < -0.39 is 0 Å². The number of aliphatic hydroxyl groups excluding tert-OH is 1. The summed E-state index contributed by atoms with van der Waals surface area (Å²) >= 11 is 0. The second-order valence-electron chi connectivity index (χ2n) is 1.81. The quantitative estimate of drug-likeness (QED) is 0.490. The Balaban J connectivity index is 0. The van der Waals surface area contributed by atoms with E-state index in [4.69, 9.17) is 10.8 Å². The Hall–Kier alpha value is -0.120. The summed E-state index contributed by atoms with van der Waals surface area (Å²) in [5.41, 5.74) is 5.23. The zero-order valence-electron chi connectivity index (χ0n) is 7.06. The van der Waals surface area contributed by atoms with Crippen molar-refractivity contribution in [1.29, 1.82) is 0 Å². The second kappa shape index (κ2) is 15.9. The summed E-state index contributed by atoms with van der Waals surface area (Å²) in [6.45, 7) is 6.94. The first kappa shape index (κ1) is 12.5. The molecule has 0 fully saturated rings. The van der Waals surface area contributed by atoms with Gasteiger partial charge in [0, 0.05) is 6.61 Å². The molecule has 0 aliphatic carbocycles. The molecule has 10 heavy (non-hydrogen) atoms. The fourth-order valence-corrected chi connectivity index (χ4v) is 0.404. The van der Waals surface area contributed by atoms with E-state index in [1.165, 1.54) is 0 Å². The molecule has 0 aromatic carbocycles. The van der Waals surface area contributed by atoms with Gasteiger partial charge in [0.2, 0.25) is 0 Å². The molecule has 0 aliphatic rings. The fraction of sp³-hybridized carbons (Fsp3) is 1.00. The molecule has 0 bridgehead atoms. The van der Waals surface area contributed by atoms with Crippen LogP contribution in [0.3, 0.4) is 0 Å². The van der Waals surface area contributed by atoms with Crippen LogP contribution in [0.4, 0.5) is 0 Å². The fourth-order valence-electron chi connectivity index (χ4n) is 0.404. The van der Waals surface area contributed by atoms with Gasteiger partial charge in [-0.3, -0.25) is 0 Å². The van der Waals surface area contributed by atoms with Crippen LogP contribution in [-0.4, -0.2) is 31.3 Å². The number of nitrogens with one attached hydrogen (secondary N) is 1. The molecule has 0 unspecified atom stereocenters. The van der Waals surface area contributed by atoms with Crippen LogP contribution in [0.25, 0.3) is 0 Å². The summed E-state index contributed by atoms with van der Waals surface area (Å²) in [5, 5.41) is 10.7. The molecule has 0 saturated heterocycles. The monoisotopic (exact) mass is 148 g/mol. The Morgan fingerprint density at radius 1 is 1.40 bits per heavy atom. The average molecular weight is 148 g/mol. The highest BCUT2D eigenvalue weighted by atomic mass is 16.2. The van der Waals surface area contributed by atoms with Crippen LogP contribution in [-0.2, 0) is 0 Å². The minimum absolute atomic E-state index is 0.250. The normalized spacial score (nSPS) is 8.40. The van der Waals surface area contributed by atoms with Crippen LogP contribution in [0.1, 0.15) is 20.3 Å². The maximum Gasteiger partial charge on any atom is 0.0402 e. The van der Waals surface area contributed by atoms with Gasteiger partial charge in [0.15, 0.2) is 0 Å². The summed E-state index contributed by atoms with van der Waals surface area (Å²) < 4.78 is 0. The van der Waals surface area contributed by atoms with Crippen LogP contribution < -0.4 is 11.1 Å². The molecule has 3 heteroatoms. The van der Waals surface area contributed by atoms with E-state index in [1.807, 2.05) is 0 Å². The standard InChI is InChI=1S/C5H14N2.C2H6O/c1-2-7-5-3-4-6;1-2-3/h7H,2-6H2,1H3;3H,2H2,1H3. The highest BCUT2D eigenvalue weighted by Crippen LogP contribution is 1.66. The molecule has 0 amide bonds. The Morgan fingerprint density at radius 2 is 1.90 bits per heavy atom. The lowest BCUT2D eigenvalue weighted by Crippen LogP contribution is -2.17. The predicted octanol–water partition coefficient (Wildman–Crippen LogP) is -0.0567. The molecule has 0 aromatic rings. The van der Waals surface area contributed by atoms with Crippen molar-refractivity contribution in [2.45, 2.75) is 20.3 Å². The first-order valence-electron chi connectivity index (χ1n) is 3.85. The highest BCUT2D eigenvalue weighted by molar-refractivity contribution is 4.42. The lowest BCUT2D eigenvalue weighted by Gasteiger charge is -1.95. The third-order valence-corrected chi connectivity index (χ3v) is 0.808. The van der Waals surface area contributed by atoms with Crippen molar-refractivity contribution < 1.29 is 5.11 Å². The number of hydrogen-bond acceptors (Lipinski definition) is 3. The molecular formula is C7H20N2O. The first-order valence-corrected chi connectivity index (χ1v) is 3.85. The van der Waals surface area contributed by atoms with Gasteiger partial charge in [0.1, 0.15) is 0 Å². The van der Waals surface area contributed by atoms with Crippen molar-refractivity contribution in [2.75, 3.05) is 26.2 Å². The van der Waals surface area contributed by atoms with Gasteiger partial charge in [-0.1, -0.05) is 6.92 Å². The molecule has 0 aromatic heterocycles. The van der Waals surface area contributed by atoms with Gasteiger partial charge in [0.25, 0.3) is 0 Å². The van der Waals surface area contributed by atoms with Crippen LogP contribution >= 0.6 is 0 Å². The van der Waals surface area contributed by atoms with Crippen molar-refractivity contribution in [3.05, 3.63) is 0 Å². The van der Waals surface area contributed by atoms with E-state index in [0.717, 1.165) is 26.1 Å². The lowest BCUT2D eigenvalue weighted by atomic mass is 10.4. The van der Waals surface area contributed by atoms with E-state index in [0.29, 0.717) is 0 Å². The zero-order chi connectivity index (χ0) is 8.24. The average Bonchev–Trinajstić information content (AvgIpc) is 1.91. The van der Waals surface area contributed by atoms with Crippen LogP contribution in [0.2, 0.25) is 0 Å². The zero-order valence-corrected chi connectivity index (χ0v) is 7.06. The van der Waals surface area contributed by atoms with Gasteiger partial charge in [-0.25, -0.2) is 0 Å².